The summed E-state index contributed by atoms with van der Waals surface area (Å²) in [4.78, 5) is 25.0. The monoisotopic (exact) mass is 424 g/mol. The van der Waals surface area contributed by atoms with Gasteiger partial charge < -0.3 is 10.6 Å². The van der Waals surface area contributed by atoms with Gasteiger partial charge in [-0.3, -0.25) is 9.59 Å². The zero-order valence-corrected chi connectivity index (χ0v) is 18.5. The Morgan fingerprint density at radius 1 is 0.594 bits per heavy atom. The number of hydrogen-bond donors (Lipinski definition) is 2. The van der Waals surface area contributed by atoms with Gasteiger partial charge in [-0.2, -0.15) is 0 Å². The van der Waals surface area contributed by atoms with Crippen LogP contribution in [0.4, 0.5) is 0 Å². The van der Waals surface area contributed by atoms with E-state index in [2.05, 4.69) is 47.0 Å². The van der Waals surface area contributed by atoms with E-state index in [4.69, 9.17) is 0 Å². The molecule has 0 saturated carbocycles. The fraction of sp³-hybridized carbons (Fsp3) is 0.214. The zero-order chi connectivity index (χ0) is 22.5. The summed E-state index contributed by atoms with van der Waals surface area (Å²) in [6, 6.07) is 28.2. The quantitative estimate of drug-likeness (QED) is 0.392. The number of carbonyl (C=O) groups is 2. The number of benzene rings is 4. The van der Waals surface area contributed by atoms with E-state index in [-0.39, 0.29) is 36.7 Å². The molecule has 0 aromatic heterocycles. The third-order valence-corrected chi connectivity index (χ3v) is 5.91. The van der Waals surface area contributed by atoms with Crippen LogP contribution in [0.1, 0.15) is 49.9 Å². The minimum absolute atomic E-state index is 0.126. The summed E-state index contributed by atoms with van der Waals surface area (Å²) < 4.78 is 0. The molecule has 2 N–H and O–H groups in total. The number of carbonyl (C=O) groups excluding carboxylic acids is 2. The lowest BCUT2D eigenvalue weighted by Crippen LogP contribution is -2.30. The Hall–Kier alpha value is -3.66. The second-order valence-electron chi connectivity index (χ2n) is 8.22. The number of fused-ring (bicyclic) bond motifs is 2. The molecule has 0 aliphatic heterocycles. The van der Waals surface area contributed by atoms with Gasteiger partial charge in [0.15, 0.2) is 0 Å². The fourth-order valence-electron chi connectivity index (χ4n) is 4.27. The van der Waals surface area contributed by atoms with Gasteiger partial charge in [0, 0.05) is 12.8 Å². The molecule has 0 unspecified atom stereocenters. The number of nitrogens with one attached hydrogen (secondary N) is 2. The van der Waals surface area contributed by atoms with E-state index in [0.717, 1.165) is 32.7 Å². The highest BCUT2D eigenvalue weighted by Crippen LogP contribution is 2.25. The van der Waals surface area contributed by atoms with Gasteiger partial charge in [0.1, 0.15) is 0 Å². The largest absolute Gasteiger partial charge is 0.350 e. The van der Waals surface area contributed by atoms with Gasteiger partial charge in [-0.1, -0.05) is 84.9 Å². The molecule has 2 amide bonds. The zero-order valence-electron chi connectivity index (χ0n) is 18.5. The van der Waals surface area contributed by atoms with Crippen LogP contribution in [0.5, 0.6) is 0 Å². The van der Waals surface area contributed by atoms with Gasteiger partial charge in [0.2, 0.25) is 11.8 Å². The first-order valence-electron chi connectivity index (χ1n) is 11.1. The topological polar surface area (TPSA) is 58.2 Å². The molecule has 0 spiro atoms. The highest BCUT2D eigenvalue weighted by molar-refractivity contribution is 5.89. The molecular weight excluding hydrogens is 396 g/mol. The first-order valence-corrected chi connectivity index (χ1v) is 11.1. The molecule has 4 aromatic carbocycles. The Balaban J connectivity index is 1.33. The molecule has 4 aromatic rings. The summed E-state index contributed by atoms with van der Waals surface area (Å²) in [6.07, 6.45) is 0.312. The molecule has 0 aliphatic carbocycles. The summed E-state index contributed by atoms with van der Waals surface area (Å²) >= 11 is 0. The molecule has 4 nitrogen and oxygen atoms in total. The van der Waals surface area contributed by atoms with Crippen LogP contribution in [0, 0.1) is 0 Å². The van der Waals surface area contributed by atoms with E-state index < -0.39 is 0 Å². The van der Waals surface area contributed by atoms with Gasteiger partial charge in [-0.25, -0.2) is 0 Å². The van der Waals surface area contributed by atoms with Crippen molar-refractivity contribution in [2.24, 2.45) is 0 Å². The predicted molar refractivity (Wildman–Crippen MR) is 130 cm³/mol. The molecule has 4 rings (SSSR count). The molecule has 0 radical (unpaired) electrons. The van der Waals surface area contributed by atoms with Crippen LogP contribution in [0.25, 0.3) is 21.5 Å². The smallest absolute Gasteiger partial charge is 0.220 e. The van der Waals surface area contributed by atoms with Crippen molar-refractivity contribution in [1.29, 1.82) is 0 Å². The summed E-state index contributed by atoms with van der Waals surface area (Å²) in [5.74, 6) is -0.253. The van der Waals surface area contributed by atoms with E-state index in [9.17, 15) is 9.59 Å². The average Bonchev–Trinajstić information content (AvgIpc) is 2.82. The second kappa shape index (κ2) is 9.65. The molecular formula is C28H28N2O2. The molecule has 0 heterocycles. The normalized spacial score (nSPS) is 12.9. The molecule has 32 heavy (non-hydrogen) atoms. The molecule has 162 valence electrons. The van der Waals surface area contributed by atoms with E-state index in [1.165, 1.54) is 0 Å². The van der Waals surface area contributed by atoms with Crippen LogP contribution < -0.4 is 10.6 Å². The van der Waals surface area contributed by atoms with E-state index >= 15 is 0 Å². The number of amides is 2. The van der Waals surface area contributed by atoms with Crippen LogP contribution in [0.2, 0.25) is 0 Å². The van der Waals surface area contributed by atoms with Gasteiger partial charge >= 0.3 is 0 Å². The van der Waals surface area contributed by atoms with Crippen molar-refractivity contribution in [3.63, 3.8) is 0 Å². The van der Waals surface area contributed by atoms with E-state index in [1.54, 1.807) is 0 Å². The standard InChI is InChI=1S/C28H28N2O2/c1-19(23-15-7-11-21-9-3-5-13-25(21)23)29-27(31)17-18-28(32)30-20(2)24-16-8-12-22-10-4-6-14-26(22)24/h3-16,19-20H,17-18H2,1-2H3,(H,29,31)(H,30,32)/t19-,20+. The lowest BCUT2D eigenvalue weighted by molar-refractivity contribution is -0.127. The number of rotatable bonds is 7. The summed E-state index contributed by atoms with van der Waals surface area (Å²) in [6.45, 7) is 3.95. The Bertz CT molecular complexity index is 1150. The van der Waals surface area contributed by atoms with E-state index in [1.807, 2.05) is 62.4 Å². The first-order chi connectivity index (χ1) is 15.5. The summed E-state index contributed by atoms with van der Waals surface area (Å²) in [5.41, 5.74) is 2.15. The number of hydrogen-bond acceptors (Lipinski definition) is 2. The van der Waals surface area contributed by atoms with Crippen molar-refractivity contribution in [1.82, 2.24) is 10.6 Å². The van der Waals surface area contributed by atoms with Crippen molar-refractivity contribution in [2.45, 2.75) is 38.8 Å². The molecule has 0 saturated heterocycles. The Morgan fingerprint density at radius 2 is 0.969 bits per heavy atom. The van der Waals surface area contributed by atoms with Gasteiger partial charge in [0.25, 0.3) is 0 Å². The maximum Gasteiger partial charge on any atom is 0.220 e. The van der Waals surface area contributed by atoms with Crippen LogP contribution in [0.3, 0.4) is 0 Å². The lowest BCUT2D eigenvalue weighted by atomic mass is 9.99. The van der Waals surface area contributed by atoms with Crippen molar-refractivity contribution in [3.8, 4) is 0 Å². The molecule has 0 aliphatic rings. The fourth-order valence-corrected chi connectivity index (χ4v) is 4.27. The third kappa shape index (κ3) is 4.80. The average molecular weight is 425 g/mol. The minimum Gasteiger partial charge on any atom is -0.350 e. The van der Waals surface area contributed by atoms with Crippen molar-refractivity contribution in [3.05, 3.63) is 96.1 Å². The molecule has 4 heteroatoms. The van der Waals surface area contributed by atoms with E-state index in [0.29, 0.717) is 0 Å². The summed E-state index contributed by atoms with van der Waals surface area (Å²) in [7, 11) is 0. The minimum atomic E-state index is -0.133. The third-order valence-electron chi connectivity index (χ3n) is 5.91. The first kappa shape index (κ1) is 21.6. The highest BCUT2D eigenvalue weighted by Gasteiger charge is 2.16. The SMILES string of the molecule is C[C@H](NC(=O)CCC(=O)N[C@H](C)c1cccc2ccccc12)c1cccc2ccccc12. The molecule has 0 fully saturated rings. The molecule has 0 bridgehead atoms. The van der Waals surface area contributed by atoms with Gasteiger partial charge in [0.05, 0.1) is 12.1 Å². The maximum atomic E-state index is 12.5. The Labute approximate surface area is 188 Å². The Kier molecular flexibility index (Phi) is 6.50. The van der Waals surface area contributed by atoms with Crippen LogP contribution in [-0.2, 0) is 9.59 Å². The molecule has 2 atom stereocenters. The predicted octanol–water partition coefficient (Wildman–Crippen LogP) is 5.83. The highest BCUT2D eigenvalue weighted by atomic mass is 16.2. The van der Waals surface area contributed by atoms with Crippen LogP contribution in [0.15, 0.2) is 84.9 Å². The second-order valence-corrected chi connectivity index (χ2v) is 8.22. The summed E-state index contributed by atoms with van der Waals surface area (Å²) in [5, 5.41) is 10.6. The van der Waals surface area contributed by atoms with Gasteiger partial charge in [-0.05, 0) is 46.5 Å². The van der Waals surface area contributed by atoms with Crippen LogP contribution >= 0.6 is 0 Å². The lowest BCUT2D eigenvalue weighted by Gasteiger charge is -2.18. The van der Waals surface area contributed by atoms with Crippen molar-refractivity contribution >= 4 is 33.4 Å². The van der Waals surface area contributed by atoms with Crippen molar-refractivity contribution < 1.29 is 9.59 Å². The van der Waals surface area contributed by atoms with Crippen LogP contribution in [-0.4, -0.2) is 11.8 Å². The Morgan fingerprint density at radius 3 is 1.41 bits per heavy atom. The van der Waals surface area contributed by atoms with Gasteiger partial charge in [-0.15, -0.1) is 0 Å². The van der Waals surface area contributed by atoms with Crippen molar-refractivity contribution in [2.75, 3.05) is 0 Å². The maximum absolute atomic E-state index is 12.5.